The van der Waals surface area contributed by atoms with Crippen molar-refractivity contribution < 1.29 is 14.3 Å². The number of hydrogen-bond acceptors (Lipinski definition) is 4. The monoisotopic (exact) mass is 473 g/mol. The van der Waals surface area contributed by atoms with Crippen LogP contribution in [-0.4, -0.2) is 24.0 Å². The number of nitrogens with one attached hydrogen (secondary N) is 3. The lowest BCUT2D eigenvalue weighted by Crippen LogP contribution is -2.34. The summed E-state index contributed by atoms with van der Waals surface area (Å²) in [5.41, 5.74) is 1.65. The van der Waals surface area contributed by atoms with Gasteiger partial charge in [-0.3, -0.25) is 14.9 Å². The highest BCUT2D eigenvalue weighted by Gasteiger charge is 2.14. The zero-order chi connectivity index (χ0) is 22.4. The number of thiocarbonyl (C=S) groups is 1. The zero-order valence-corrected chi connectivity index (χ0v) is 18.6. The summed E-state index contributed by atoms with van der Waals surface area (Å²) in [5.74, 6) is -0.406. The second kappa shape index (κ2) is 10.3. The van der Waals surface area contributed by atoms with Gasteiger partial charge in [-0.05, 0) is 48.6 Å². The van der Waals surface area contributed by atoms with Gasteiger partial charge in [0.2, 0.25) is 0 Å². The van der Waals surface area contributed by atoms with Crippen LogP contribution in [0, 0.1) is 0 Å². The van der Waals surface area contributed by atoms with Crippen LogP contribution in [0.1, 0.15) is 20.7 Å². The van der Waals surface area contributed by atoms with Crippen LogP contribution in [0.5, 0.6) is 5.75 Å². The molecule has 0 aliphatic rings. The van der Waals surface area contributed by atoms with E-state index in [-0.39, 0.29) is 11.0 Å². The second-order valence-electron chi connectivity index (χ2n) is 6.24. The molecule has 31 heavy (non-hydrogen) atoms. The van der Waals surface area contributed by atoms with E-state index in [0.717, 1.165) is 0 Å². The Labute approximate surface area is 194 Å². The third-order valence-electron chi connectivity index (χ3n) is 4.17. The van der Waals surface area contributed by atoms with Crippen LogP contribution in [0.2, 0.25) is 10.0 Å². The van der Waals surface area contributed by atoms with Crippen LogP contribution in [-0.2, 0) is 0 Å². The van der Waals surface area contributed by atoms with Crippen molar-refractivity contribution in [1.82, 2.24) is 5.32 Å². The standard InChI is InChI=1S/C22H17Cl2N3O3S/c1-30-19-12-13(25-22(31)27-21(29)15-7-3-5-9-17(15)24)10-11-18(19)26-20(28)14-6-2-4-8-16(14)23/h2-12H,1H3,(H,26,28)(H2,25,27,29,31). The van der Waals surface area contributed by atoms with E-state index >= 15 is 0 Å². The molecule has 158 valence electrons. The molecule has 0 saturated carbocycles. The Morgan fingerprint density at radius 2 is 1.42 bits per heavy atom. The van der Waals surface area contributed by atoms with Gasteiger partial charge >= 0.3 is 0 Å². The predicted molar refractivity (Wildman–Crippen MR) is 128 cm³/mol. The number of ether oxygens (including phenoxy) is 1. The summed E-state index contributed by atoms with van der Waals surface area (Å²) in [6.45, 7) is 0. The van der Waals surface area contributed by atoms with Crippen molar-refractivity contribution in [3.05, 3.63) is 87.9 Å². The number of benzene rings is 3. The smallest absolute Gasteiger partial charge is 0.258 e. The SMILES string of the molecule is COc1cc(NC(=S)NC(=O)c2ccccc2Cl)ccc1NC(=O)c1ccccc1Cl. The molecule has 6 nitrogen and oxygen atoms in total. The minimum Gasteiger partial charge on any atom is -0.494 e. The molecule has 0 spiro atoms. The van der Waals surface area contributed by atoms with Crippen LogP contribution < -0.4 is 20.7 Å². The average molecular weight is 474 g/mol. The van der Waals surface area contributed by atoms with Gasteiger partial charge in [0.05, 0.1) is 34.0 Å². The van der Waals surface area contributed by atoms with E-state index in [1.807, 2.05) is 0 Å². The van der Waals surface area contributed by atoms with Crippen molar-refractivity contribution in [2.75, 3.05) is 17.7 Å². The lowest BCUT2D eigenvalue weighted by molar-refractivity contribution is 0.0976. The molecule has 0 aromatic heterocycles. The molecule has 0 bridgehead atoms. The Morgan fingerprint density at radius 3 is 2.00 bits per heavy atom. The fraction of sp³-hybridized carbons (Fsp3) is 0.0455. The number of halogens is 2. The molecule has 0 radical (unpaired) electrons. The molecule has 3 aromatic rings. The van der Waals surface area contributed by atoms with Crippen molar-refractivity contribution in [3.63, 3.8) is 0 Å². The summed E-state index contributed by atoms with van der Waals surface area (Å²) in [4.78, 5) is 24.8. The van der Waals surface area contributed by atoms with Gasteiger partial charge in [-0.15, -0.1) is 0 Å². The van der Waals surface area contributed by atoms with E-state index in [1.165, 1.54) is 7.11 Å². The van der Waals surface area contributed by atoms with Gasteiger partial charge in [-0.1, -0.05) is 47.5 Å². The molecule has 3 aromatic carbocycles. The van der Waals surface area contributed by atoms with E-state index < -0.39 is 5.91 Å². The van der Waals surface area contributed by atoms with E-state index in [4.69, 9.17) is 40.2 Å². The molecule has 2 amide bonds. The molecule has 9 heteroatoms. The summed E-state index contributed by atoms with van der Waals surface area (Å²) in [6, 6.07) is 18.3. The Morgan fingerprint density at radius 1 is 0.839 bits per heavy atom. The Hall–Kier alpha value is -3.13. The molecular weight excluding hydrogens is 457 g/mol. The van der Waals surface area contributed by atoms with Gasteiger partial charge < -0.3 is 15.4 Å². The molecule has 0 aliphatic heterocycles. The Bertz CT molecular complexity index is 1150. The molecular formula is C22H17Cl2N3O3S. The molecule has 0 unspecified atom stereocenters. The van der Waals surface area contributed by atoms with E-state index in [0.29, 0.717) is 38.3 Å². The molecule has 0 fully saturated rings. The summed E-state index contributed by atoms with van der Waals surface area (Å²) in [6.07, 6.45) is 0. The van der Waals surface area contributed by atoms with E-state index in [1.54, 1.807) is 66.7 Å². The van der Waals surface area contributed by atoms with Crippen LogP contribution in [0.25, 0.3) is 0 Å². The minimum atomic E-state index is -0.432. The maximum Gasteiger partial charge on any atom is 0.258 e. The van der Waals surface area contributed by atoms with Gasteiger partial charge in [0.15, 0.2) is 5.11 Å². The highest BCUT2D eigenvalue weighted by molar-refractivity contribution is 7.80. The number of carbonyl (C=O) groups excluding carboxylic acids is 2. The minimum absolute atomic E-state index is 0.0832. The first-order valence-corrected chi connectivity index (χ1v) is 10.2. The fourth-order valence-electron chi connectivity index (χ4n) is 2.69. The third kappa shape index (κ3) is 5.73. The van der Waals surface area contributed by atoms with Gasteiger partial charge in [0.1, 0.15) is 5.75 Å². The first-order valence-electron chi connectivity index (χ1n) is 9.00. The number of methoxy groups -OCH3 is 1. The maximum absolute atomic E-state index is 12.5. The van der Waals surface area contributed by atoms with Crippen LogP contribution in [0.4, 0.5) is 11.4 Å². The van der Waals surface area contributed by atoms with Crippen LogP contribution in [0.3, 0.4) is 0 Å². The highest BCUT2D eigenvalue weighted by Crippen LogP contribution is 2.29. The Balaban J connectivity index is 1.69. The largest absolute Gasteiger partial charge is 0.494 e. The number of anilines is 2. The summed E-state index contributed by atoms with van der Waals surface area (Å²) in [7, 11) is 1.47. The molecule has 0 aliphatic carbocycles. The number of amides is 2. The van der Waals surface area contributed by atoms with Gasteiger partial charge in [0.25, 0.3) is 11.8 Å². The molecule has 3 rings (SSSR count). The highest BCUT2D eigenvalue weighted by atomic mass is 35.5. The molecule has 0 atom stereocenters. The van der Waals surface area contributed by atoms with Crippen LogP contribution in [0.15, 0.2) is 66.7 Å². The lowest BCUT2D eigenvalue weighted by atomic mass is 10.2. The average Bonchev–Trinajstić information content (AvgIpc) is 2.75. The lowest BCUT2D eigenvalue weighted by Gasteiger charge is -2.14. The normalized spacial score (nSPS) is 10.2. The third-order valence-corrected chi connectivity index (χ3v) is 5.03. The van der Waals surface area contributed by atoms with Crippen molar-refractivity contribution in [1.29, 1.82) is 0 Å². The van der Waals surface area contributed by atoms with E-state index in [2.05, 4.69) is 16.0 Å². The molecule has 0 saturated heterocycles. The Kier molecular flexibility index (Phi) is 7.46. The van der Waals surface area contributed by atoms with Gasteiger partial charge in [0, 0.05) is 11.8 Å². The van der Waals surface area contributed by atoms with Gasteiger partial charge in [-0.2, -0.15) is 0 Å². The molecule has 0 heterocycles. The predicted octanol–water partition coefficient (Wildman–Crippen LogP) is 5.38. The fourth-order valence-corrected chi connectivity index (χ4v) is 3.34. The summed E-state index contributed by atoms with van der Waals surface area (Å²) >= 11 is 17.3. The van der Waals surface area contributed by atoms with Crippen molar-refractivity contribution in [2.24, 2.45) is 0 Å². The maximum atomic E-state index is 12.5. The zero-order valence-electron chi connectivity index (χ0n) is 16.2. The first kappa shape index (κ1) is 22.6. The summed E-state index contributed by atoms with van der Waals surface area (Å²) in [5, 5.41) is 8.99. The first-order chi connectivity index (χ1) is 14.9. The second-order valence-corrected chi connectivity index (χ2v) is 7.46. The van der Waals surface area contributed by atoms with Crippen molar-refractivity contribution in [2.45, 2.75) is 0 Å². The van der Waals surface area contributed by atoms with Gasteiger partial charge in [-0.25, -0.2) is 0 Å². The summed E-state index contributed by atoms with van der Waals surface area (Å²) < 4.78 is 5.36. The topological polar surface area (TPSA) is 79.5 Å². The number of carbonyl (C=O) groups is 2. The van der Waals surface area contributed by atoms with Crippen molar-refractivity contribution in [3.8, 4) is 5.75 Å². The quantitative estimate of drug-likeness (QED) is 0.433. The van der Waals surface area contributed by atoms with Crippen molar-refractivity contribution >= 4 is 63.7 Å². The molecule has 3 N–H and O–H groups in total. The van der Waals surface area contributed by atoms with E-state index in [9.17, 15) is 9.59 Å². The number of rotatable bonds is 5. The van der Waals surface area contributed by atoms with Crippen LogP contribution >= 0.6 is 35.4 Å². The number of hydrogen-bond donors (Lipinski definition) is 3.